The van der Waals surface area contributed by atoms with Gasteiger partial charge in [-0.1, -0.05) is 46.9 Å². The SMILES string of the molecule is N[C@H]1CCN(c2ccc(Cl)cc2Cl)C(c2ccc(Cl)cc2)C1. The van der Waals surface area contributed by atoms with Crippen molar-refractivity contribution in [3.63, 3.8) is 0 Å². The third-order valence-corrected chi connectivity index (χ3v) is 4.91. The van der Waals surface area contributed by atoms with E-state index in [4.69, 9.17) is 40.5 Å². The third kappa shape index (κ3) is 3.36. The number of nitrogens with zero attached hydrogens (tertiary/aromatic N) is 1. The van der Waals surface area contributed by atoms with Crippen LogP contribution in [0.15, 0.2) is 42.5 Å². The summed E-state index contributed by atoms with van der Waals surface area (Å²) in [6.45, 7) is 0.871. The highest BCUT2D eigenvalue weighted by Crippen LogP contribution is 2.39. The molecule has 1 saturated heterocycles. The zero-order valence-corrected chi connectivity index (χ0v) is 14.2. The molecule has 0 spiro atoms. The Morgan fingerprint density at radius 2 is 1.64 bits per heavy atom. The van der Waals surface area contributed by atoms with Crippen molar-refractivity contribution in [1.29, 1.82) is 0 Å². The van der Waals surface area contributed by atoms with Gasteiger partial charge in [0.2, 0.25) is 0 Å². The summed E-state index contributed by atoms with van der Waals surface area (Å²) < 4.78 is 0. The summed E-state index contributed by atoms with van der Waals surface area (Å²) in [5.41, 5.74) is 8.39. The van der Waals surface area contributed by atoms with Crippen molar-refractivity contribution in [2.75, 3.05) is 11.4 Å². The minimum Gasteiger partial charge on any atom is -0.363 e. The molecule has 1 aliphatic heterocycles. The van der Waals surface area contributed by atoms with Crippen LogP contribution < -0.4 is 10.6 Å². The first-order valence-corrected chi connectivity index (χ1v) is 8.41. The monoisotopic (exact) mass is 354 g/mol. The van der Waals surface area contributed by atoms with Crippen LogP contribution in [-0.2, 0) is 0 Å². The molecular weight excluding hydrogens is 339 g/mol. The molecule has 2 aromatic carbocycles. The molecule has 3 rings (SSSR count). The van der Waals surface area contributed by atoms with Crippen molar-refractivity contribution >= 4 is 40.5 Å². The summed E-state index contributed by atoms with van der Waals surface area (Å²) in [4.78, 5) is 2.31. The zero-order valence-electron chi connectivity index (χ0n) is 12.0. The van der Waals surface area contributed by atoms with Gasteiger partial charge in [-0.3, -0.25) is 0 Å². The van der Waals surface area contributed by atoms with Gasteiger partial charge in [0.05, 0.1) is 16.8 Å². The van der Waals surface area contributed by atoms with Crippen LogP contribution in [0.4, 0.5) is 5.69 Å². The van der Waals surface area contributed by atoms with E-state index in [1.54, 1.807) is 6.07 Å². The van der Waals surface area contributed by atoms with Gasteiger partial charge in [0.25, 0.3) is 0 Å². The number of piperidine rings is 1. The molecule has 0 radical (unpaired) electrons. The first kappa shape index (κ1) is 15.9. The minimum atomic E-state index is 0.194. The van der Waals surface area contributed by atoms with Crippen LogP contribution in [0.2, 0.25) is 15.1 Å². The number of anilines is 1. The average molecular weight is 356 g/mol. The Balaban J connectivity index is 1.98. The Morgan fingerprint density at radius 1 is 0.955 bits per heavy atom. The standard InChI is InChI=1S/C17H17Cl3N2/c18-12-3-1-11(2-4-12)17-10-14(21)7-8-22(17)16-6-5-13(19)9-15(16)20/h1-6,9,14,17H,7-8,10,21H2/t14-,17?/m0/s1. The molecule has 2 aromatic rings. The highest BCUT2D eigenvalue weighted by Gasteiger charge is 2.29. The molecule has 0 bridgehead atoms. The Hall–Kier alpha value is -0.930. The van der Waals surface area contributed by atoms with Gasteiger partial charge in [-0.25, -0.2) is 0 Å². The van der Waals surface area contributed by atoms with Crippen LogP contribution in [-0.4, -0.2) is 12.6 Å². The van der Waals surface area contributed by atoms with Crippen molar-refractivity contribution in [2.45, 2.75) is 24.9 Å². The van der Waals surface area contributed by atoms with Gasteiger partial charge in [0.15, 0.2) is 0 Å². The van der Waals surface area contributed by atoms with Crippen LogP contribution in [0.25, 0.3) is 0 Å². The Kier molecular flexibility index (Phi) is 4.84. The molecule has 1 fully saturated rings. The van der Waals surface area contributed by atoms with E-state index in [1.807, 2.05) is 24.3 Å². The van der Waals surface area contributed by atoms with E-state index < -0.39 is 0 Å². The number of rotatable bonds is 2. The normalized spacial score (nSPS) is 21.9. The molecule has 2 nitrogen and oxygen atoms in total. The molecule has 2 N–H and O–H groups in total. The second kappa shape index (κ2) is 6.67. The zero-order chi connectivity index (χ0) is 15.7. The second-order valence-corrected chi connectivity index (χ2v) is 6.92. The highest BCUT2D eigenvalue weighted by atomic mass is 35.5. The topological polar surface area (TPSA) is 29.3 Å². The molecule has 2 atom stereocenters. The fourth-order valence-corrected chi connectivity index (χ4v) is 3.64. The van der Waals surface area contributed by atoms with E-state index in [2.05, 4.69) is 17.0 Å². The molecular formula is C17H17Cl3N2. The van der Waals surface area contributed by atoms with Gasteiger partial charge in [0.1, 0.15) is 0 Å². The van der Waals surface area contributed by atoms with Crippen molar-refractivity contribution < 1.29 is 0 Å². The fourth-order valence-electron chi connectivity index (χ4n) is 3.00. The van der Waals surface area contributed by atoms with Gasteiger partial charge in [-0.15, -0.1) is 0 Å². The van der Waals surface area contributed by atoms with E-state index in [0.29, 0.717) is 10.0 Å². The Bertz CT molecular complexity index is 657. The molecule has 5 heteroatoms. The molecule has 0 aromatic heterocycles. The summed E-state index contributed by atoms with van der Waals surface area (Å²) >= 11 is 18.4. The molecule has 0 amide bonds. The molecule has 22 heavy (non-hydrogen) atoms. The van der Waals surface area contributed by atoms with Crippen LogP contribution >= 0.6 is 34.8 Å². The lowest BCUT2D eigenvalue weighted by atomic mass is 9.91. The third-order valence-electron chi connectivity index (χ3n) is 4.12. The number of hydrogen-bond donors (Lipinski definition) is 1. The number of benzene rings is 2. The molecule has 1 heterocycles. The lowest BCUT2D eigenvalue weighted by Gasteiger charge is -2.40. The summed E-state index contributed by atoms with van der Waals surface area (Å²) in [5.74, 6) is 0. The number of halogens is 3. The average Bonchev–Trinajstić information content (AvgIpc) is 2.49. The van der Waals surface area contributed by atoms with E-state index in [0.717, 1.165) is 30.1 Å². The maximum absolute atomic E-state index is 6.40. The molecule has 116 valence electrons. The quantitative estimate of drug-likeness (QED) is 0.790. The highest BCUT2D eigenvalue weighted by molar-refractivity contribution is 6.36. The number of nitrogens with two attached hydrogens (primary N) is 1. The minimum absolute atomic E-state index is 0.194. The second-order valence-electron chi connectivity index (χ2n) is 5.64. The molecule has 0 saturated carbocycles. The summed E-state index contributed by atoms with van der Waals surface area (Å²) in [5, 5.41) is 2.05. The summed E-state index contributed by atoms with van der Waals surface area (Å²) in [7, 11) is 0. The molecule has 1 unspecified atom stereocenters. The van der Waals surface area contributed by atoms with Crippen LogP contribution in [0, 0.1) is 0 Å². The van der Waals surface area contributed by atoms with E-state index in [9.17, 15) is 0 Å². The van der Waals surface area contributed by atoms with E-state index >= 15 is 0 Å². The summed E-state index contributed by atoms with van der Waals surface area (Å²) in [6.07, 6.45) is 1.84. The van der Waals surface area contributed by atoms with Gasteiger partial charge in [-0.05, 0) is 48.7 Å². The summed E-state index contributed by atoms with van der Waals surface area (Å²) in [6, 6.07) is 14.0. The lowest BCUT2D eigenvalue weighted by Crippen LogP contribution is -2.42. The van der Waals surface area contributed by atoms with E-state index in [-0.39, 0.29) is 12.1 Å². The first-order valence-electron chi connectivity index (χ1n) is 7.27. The van der Waals surface area contributed by atoms with Crippen molar-refractivity contribution in [1.82, 2.24) is 0 Å². The Labute approximate surface area is 145 Å². The smallest absolute Gasteiger partial charge is 0.0654 e. The van der Waals surface area contributed by atoms with Gasteiger partial charge in [-0.2, -0.15) is 0 Å². The Morgan fingerprint density at radius 3 is 2.32 bits per heavy atom. The van der Waals surface area contributed by atoms with Gasteiger partial charge < -0.3 is 10.6 Å². The van der Waals surface area contributed by atoms with Crippen LogP contribution in [0.1, 0.15) is 24.4 Å². The van der Waals surface area contributed by atoms with Crippen molar-refractivity contribution in [3.8, 4) is 0 Å². The van der Waals surface area contributed by atoms with E-state index in [1.165, 1.54) is 5.56 Å². The van der Waals surface area contributed by atoms with Crippen LogP contribution in [0.5, 0.6) is 0 Å². The maximum atomic E-state index is 6.40. The van der Waals surface area contributed by atoms with Gasteiger partial charge in [0, 0.05) is 22.6 Å². The van der Waals surface area contributed by atoms with Gasteiger partial charge >= 0.3 is 0 Å². The first-order chi connectivity index (χ1) is 10.5. The maximum Gasteiger partial charge on any atom is 0.0654 e. The predicted octanol–water partition coefficient (Wildman–Crippen LogP) is 5.32. The predicted molar refractivity (Wildman–Crippen MR) is 95.2 cm³/mol. The molecule has 1 aliphatic rings. The number of hydrogen-bond acceptors (Lipinski definition) is 2. The van der Waals surface area contributed by atoms with Crippen molar-refractivity contribution in [2.24, 2.45) is 5.73 Å². The lowest BCUT2D eigenvalue weighted by molar-refractivity contribution is 0.420. The fraction of sp³-hybridized carbons (Fsp3) is 0.294. The van der Waals surface area contributed by atoms with Crippen molar-refractivity contribution in [3.05, 3.63) is 63.1 Å². The largest absolute Gasteiger partial charge is 0.363 e. The van der Waals surface area contributed by atoms with Crippen LogP contribution in [0.3, 0.4) is 0 Å². The molecule has 0 aliphatic carbocycles.